The molecule has 0 nitrogen and oxygen atoms in total. The molecule has 0 fully saturated rings. The fourth-order valence-corrected chi connectivity index (χ4v) is 0.663. The smallest absolute Gasteiger partial charge is 0.00296 e. The first kappa shape index (κ1) is 10.2. The highest BCUT2D eigenvalue weighted by atomic mass is 35.5. The van der Waals surface area contributed by atoms with Gasteiger partial charge < -0.3 is 0 Å². The van der Waals surface area contributed by atoms with Crippen LogP contribution < -0.4 is 0 Å². The normalized spacial score (nSPS) is 7.91. The quantitative estimate of drug-likeness (QED) is 0.555. The molecule has 0 unspecified atom stereocenters. The van der Waals surface area contributed by atoms with Crippen LogP contribution in [0, 0.1) is 13.8 Å². The molecule has 1 rings (SSSR count). The molecule has 0 spiro atoms. The van der Waals surface area contributed by atoms with Crippen molar-refractivity contribution in [3.8, 4) is 0 Å². The third kappa shape index (κ3) is 4.63. The lowest BCUT2D eigenvalue weighted by Crippen LogP contribution is -1.74. The Morgan fingerprint density at radius 3 is 1.64 bits per heavy atom. The lowest BCUT2D eigenvalue weighted by Gasteiger charge is -1.93. The predicted molar refractivity (Wildman–Crippen MR) is 52.0 cm³/mol. The number of halogens is 1. The van der Waals surface area contributed by atoms with Gasteiger partial charge in [-0.25, -0.2) is 0 Å². The Labute approximate surface area is 73.5 Å². The van der Waals surface area contributed by atoms with Gasteiger partial charge in [-0.05, 0) is 30.5 Å². The SMILES string of the molecule is C=CCl.Cc1ccccc1C. The predicted octanol–water partition coefficient (Wildman–Crippen LogP) is 3.67. The molecule has 11 heavy (non-hydrogen) atoms. The van der Waals surface area contributed by atoms with Gasteiger partial charge in [0.15, 0.2) is 0 Å². The molecule has 60 valence electrons. The van der Waals surface area contributed by atoms with Crippen molar-refractivity contribution >= 4 is 11.6 Å². The largest absolute Gasteiger partial charge is 0.0936 e. The summed E-state index contributed by atoms with van der Waals surface area (Å²) in [5, 5.41) is 0. The molecule has 0 aliphatic heterocycles. The Kier molecular flexibility index (Phi) is 5.58. The second kappa shape index (κ2) is 5.99. The maximum atomic E-state index is 4.76. The van der Waals surface area contributed by atoms with Crippen molar-refractivity contribution in [1.29, 1.82) is 0 Å². The first-order valence-corrected chi connectivity index (χ1v) is 3.89. The van der Waals surface area contributed by atoms with Crippen LogP contribution in [0.3, 0.4) is 0 Å². The van der Waals surface area contributed by atoms with E-state index in [0.29, 0.717) is 0 Å². The van der Waals surface area contributed by atoms with Gasteiger partial charge in [-0.2, -0.15) is 0 Å². The van der Waals surface area contributed by atoms with E-state index in [1.807, 2.05) is 0 Å². The molecule has 1 aromatic carbocycles. The molecular formula is C10H13Cl. The summed E-state index contributed by atoms with van der Waals surface area (Å²) in [5.74, 6) is 0. The molecule has 0 N–H and O–H groups in total. The van der Waals surface area contributed by atoms with E-state index < -0.39 is 0 Å². The molecule has 0 aliphatic rings. The first-order valence-electron chi connectivity index (χ1n) is 3.45. The zero-order chi connectivity index (χ0) is 8.69. The zero-order valence-electron chi connectivity index (χ0n) is 6.97. The van der Waals surface area contributed by atoms with E-state index in [4.69, 9.17) is 11.6 Å². The number of aryl methyl sites for hydroxylation is 2. The summed E-state index contributed by atoms with van der Waals surface area (Å²) in [7, 11) is 0. The van der Waals surface area contributed by atoms with Gasteiger partial charge in [-0.1, -0.05) is 42.4 Å². The van der Waals surface area contributed by atoms with Gasteiger partial charge >= 0.3 is 0 Å². The lowest BCUT2D eigenvalue weighted by atomic mass is 10.1. The van der Waals surface area contributed by atoms with Crippen LogP contribution in [0.4, 0.5) is 0 Å². The Bertz CT molecular complexity index is 195. The van der Waals surface area contributed by atoms with Crippen LogP contribution in [0.5, 0.6) is 0 Å². The summed E-state index contributed by atoms with van der Waals surface area (Å²) in [6.07, 6.45) is 0. The standard InChI is InChI=1S/C8H10.C2H3Cl/c1-7-5-3-4-6-8(7)2;1-2-3/h3-6H,1-2H3;2H,1H2. The van der Waals surface area contributed by atoms with Gasteiger partial charge in [0.25, 0.3) is 0 Å². The summed E-state index contributed by atoms with van der Waals surface area (Å²) in [5.41, 5.74) is 3.96. The van der Waals surface area contributed by atoms with Crippen molar-refractivity contribution in [2.75, 3.05) is 0 Å². The minimum Gasteiger partial charge on any atom is -0.0936 e. The number of benzene rings is 1. The molecule has 0 saturated heterocycles. The van der Waals surface area contributed by atoms with E-state index in [1.165, 1.54) is 16.7 Å². The van der Waals surface area contributed by atoms with Crippen molar-refractivity contribution in [3.63, 3.8) is 0 Å². The van der Waals surface area contributed by atoms with Gasteiger partial charge in [0.1, 0.15) is 0 Å². The topological polar surface area (TPSA) is 0 Å². The summed E-state index contributed by atoms with van der Waals surface area (Å²) < 4.78 is 0. The van der Waals surface area contributed by atoms with E-state index >= 15 is 0 Å². The van der Waals surface area contributed by atoms with Gasteiger partial charge in [0.05, 0.1) is 0 Å². The maximum Gasteiger partial charge on any atom is -0.00296 e. The molecule has 0 bridgehead atoms. The fourth-order valence-electron chi connectivity index (χ4n) is 0.663. The van der Waals surface area contributed by atoms with E-state index in [9.17, 15) is 0 Å². The Balaban J connectivity index is 0.000000292. The molecule has 0 radical (unpaired) electrons. The van der Waals surface area contributed by atoms with Gasteiger partial charge in [-0.15, -0.1) is 0 Å². The van der Waals surface area contributed by atoms with Crippen LogP contribution in [0.25, 0.3) is 0 Å². The Morgan fingerprint density at radius 2 is 1.45 bits per heavy atom. The average Bonchev–Trinajstić information content (AvgIpc) is 1.97. The molecule has 0 saturated carbocycles. The molecule has 1 heteroatoms. The first-order chi connectivity index (χ1) is 5.22. The highest BCUT2D eigenvalue weighted by molar-refractivity contribution is 6.25. The van der Waals surface area contributed by atoms with Gasteiger partial charge in [-0.3, -0.25) is 0 Å². The monoisotopic (exact) mass is 168 g/mol. The van der Waals surface area contributed by atoms with E-state index in [0.717, 1.165) is 0 Å². The van der Waals surface area contributed by atoms with Crippen molar-refractivity contribution in [2.45, 2.75) is 13.8 Å². The van der Waals surface area contributed by atoms with E-state index in [1.54, 1.807) is 0 Å². The van der Waals surface area contributed by atoms with Crippen molar-refractivity contribution in [1.82, 2.24) is 0 Å². The Hall–Kier alpha value is -0.750. The van der Waals surface area contributed by atoms with Gasteiger partial charge in [0, 0.05) is 0 Å². The minimum absolute atomic E-state index is 1.22. The maximum absolute atomic E-state index is 4.76. The Morgan fingerprint density at radius 1 is 1.18 bits per heavy atom. The van der Waals surface area contributed by atoms with Crippen molar-refractivity contribution in [2.24, 2.45) is 0 Å². The lowest BCUT2D eigenvalue weighted by molar-refractivity contribution is 1.34. The molecule has 0 atom stereocenters. The molecule has 1 aromatic rings. The highest BCUT2D eigenvalue weighted by Crippen LogP contribution is 2.02. The third-order valence-electron chi connectivity index (χ3n) is 1.43. The van der Waals surface area contributed by atoms with Crippen molar-refractivity contribution < 1.29 is 0 Å². The average molecular weight is 169 g/mol. The van der Waals surface area contributed by atoms with Crippen LogP contribution in [0.2, 0.25) is 0 Å². The second-order valence-electron chi connectivity index (χ2n) is 2.24. The van der Waals surface area contributed by atoms with Crippen LogP contribution in [0.15, 0.2) is 36.4 Å². The number of rotatable bonds is 0. The number of hydrogen-bond acceptors (Lipinski definition) is 0. The molecule has 0 amide bonds. The van der Waals surface area contributed by atoms with Crippen LogP contribution in [-0.2, 0) is 0 Å². The summed E-state index contributed by atoms with van der Waals surface area (Å²) >= 11 is 4.76. The van der Waals surface area contributed by atoms with E-state index in [2.05, 4.69) is 44.7 Å². The summed E-state index contributed by atoms with van der Waals surface area (Å²) in [6.45, 7) is 7.37. The second-order valence-corrected chi connectivity index (χ2v) is 2.55. The summed E-state index contributed by atoms with van der Waals surface area (Å²) in [4.78, 5) is 0. The van der Waals surface area contributed by atoms with Crippen molar-refractivity contribution in [3.05, 3.63) is 47.5 Å². The van der Waals surface area contributed by atoms with Gasteiger partial charge in [0.2, 0.25) is 0 Å². The van der Waals surface area contributed by atoms with Crippen LogP contribution >= 0.6 is 11.6 Å². The minimum atomic E-state index is 1.22. The zero-order valence-corrected chi connectivity index (χ0v) is 7.73. The molecule has 0 aliphatic carbocycles. The summed E-state index contributed by atoms with van der Waals surface area (Å²) in [6, 6.07) is 8.36. The third-order valence-corrected chi connectivity index (χ3v) is 1.43. The fraction of sp³-hybridized carbons (Fsp3) is 0.200. The number of hydrogen-bond donors (Lipinski definition) is 0. The highest BCUT2D eigenvalue weighted by Gasteiger charge is 1.83. The molecule has 0 heterocycles. The van der Waals surface area contributed by atoms with Crippen LogP contribution in [0.1, 0.15) is 11.1 Å². The van der Waals surface area contributed by atoms with Crippen LogP contribution in [-0.4, -0.2) is 0 Å². The molecular weight excluding hydrogens is 156 g/mol. The molecule has 0 aromatic heterocycles. The van der Waals surface area contributed by atoms with E-state index in [-0.39, 0.29) is 0 Å².